The van der Waals surface area contributed by atoms with Gasteiger partial charge in [-0.25, -0.2) is 0 Å². The van der Waals surface area contributed by atoms with Gasteiger partial charge in [0.05, 0.1) is 22.4 Å². The molecule has 3 saturated heterocycles. The second-order valence-corrected chi connectivity index (χ2v) is 8.87. The summed E-state index contributed by atoms with van der Waals surface area (Å²) in [6, 6.07) is 4.50. The Labute approximate surface area is 154 Å². The van der Waals surface area contributed by atoms with Crippen molar-refractivity contribution in [2.75, 3.05) is 20.2 Å². The van der Waals surface area contributed by atoms with Crippen LogP contribution in [-0.4, -0.2) is 48.1 Å². The molecule has 2 bridgehead atoms. The van der Waals surface area contributed by atoms with Gasteiger partial charge in [-0.2, -0.15) is 4.98 Å². The van der Waals surface area contributed by atoms with Gasteiger partial charge < -0.3 is 14.5 Å². The van der Waals surface area contributed by atoms with Crippen molar-refractivity contribution in [3.8, 4) is 6.08 Å². The lowest BCUT2D eigenvalue weighted by atomic mass is 9.79. The first-order chi connectivity index (χ1) is 12.1. The van der Waals surface area contributed by atoms with Crippen molar-refractivity contribution in [3.63, 3.8) is 0 Å². The van der Waals surface area contributed by atoms with E-state index >= 15 is 0 Å². The lowest BCUT2D eigenvalue weighted by Gasteiger charge is -2.49. The Morgan fingerprint density at radius 2 is 2.24 bits per heavy atom. The van der Waals surface area contributed by atoms with Crippen molar-refractivity contribution in [2.24, 2.45) is 5.92 Å². The number of nitrogens with zero attached hydrogens (tertiary/aromatic N) is 2. The van der Waals surface area contributed by atoms with Crippen LogP contribution in [0.25, 0.3) is 0 Å². The van der Waals surface area contributed by atoms with E-state index in [2.05, 4.69) is 22.1 Å². The van der Waals surface area contributed by atoms with Gasteiger partial charge in [0.1, 0.15) is 0 Å². The molecule has 2 atom stereocenters. The van der Waals surface area contributed by atoms with Gasteiger partial charge in [-0.15, -0.1) is 11.3 Å². The maximum absolute atomic E-state index is 12.7. The lowest BCUT2D eigenvalue weighted by molar-refractivity contribution is 0.0218. The number of oxazole rings is 1. The molecule has 2 aromatic heterocycles. The fourth-order valence-corrected chi connectivity index (χ4v) is 5.63. The minimum Gasteiger partial charge on any atom is -0.453 e. The van der Waals surface area contributed by atoms with Crippen LogP contribution in [0.2, 0.25) is 0 Å². The summed E-state index contributed by atoms with van der Waals surface area (Å²) >= 11 is 2.91. The van der Waals surface area contributed by atoms with Crippen LogP contribution >= 0.6 is 23.1 Å². The zero-order chi connectivity index (χ0) is 17.4. The third kappa shape index (κ3) is 3.43. The predicted octanol–water partition coefficient (Wildman–Crippen LogP) is 3.11. The molecule has 0 aromatic carbocycles. The fourth-order valence-electron chi connectivity index (χ4n) is 3.75. The Kier molecular flexibility index (Phi) is 4.75. The summed E-state index contributed by atoms with van der Waals surface area (Å²) in [5.41, 5.74) is 0. The van der Waals surface area contributed by atoms with Crippen LogP contribution in [0, 0.1) is 5.92 Å². The Morgan fingerprint density at radius 1 is 1.44 bits per heavy atom. The number of nitrogens with one attached hydrogen (secondary N) is 1. The van der Waals surface area contributed by atoms with Crippen LogP contribution in [0.3, 0.4) is 0 Å². The number of hydrogen-bond donors (Lipinski definition) is 1. The summed E-state index contributed by atoms with van der Waals surface area (Å²) in [6.45, 7) is 4.56. The minimum atomic E-state index is 0.0256. The van der Waals surface area contributed by atoms with Crippen LogP contribution in [0.5, 0.6) is 6.08 Å². The lowest BCUT2D eigenvalue weighted by Crippen LogP contribution is -2.62. The predicted molar refractivity (Wildman–Crippen MR) is 96.5 cm³/mol. The molecular weight excluding hydrogens is 358 g/mol. The summed E-state index contributed by atoms with van der Waals surface area (Å²) in [5.74, 6) is 0.636. The largest absolute Gasteiger partial charge is 0.453 e. The third-order valence-corrected chi connectivity index (χ3v) is 7.23. The molecule has 5 rings (SSSR count). The molecule has 25 heavy (non-hydrogen) atoms. The molecule has 0 saturated carbocycles. The first-order valence-corrected chi connectivity index (χ1v) is 10.1. The molecule has 0 radical (unpaired) electrons. The van der Waals surface area contributed by atoms with E-state index in [0.717, 1.165) is 9.09 Å². The van der Waals surface area contributed by atoms with Crippen molar-refractivity contribution >= 4 is 29.0 Å². The number of methoxy groups -OCH3 is 1. The molecule has 1 N–H and O–H groups in total. The Balaban J connectivity index is 1.40. The molecule has 8 heteroatoms. The van der Waals surface area contributed by atoms with Crippen LogP contribution in [0.15, 0.2) is 32.0 Å². The van der Waals surface area contributed by atoms with Crippen LogP contribution in [0.4, 0.5) is 0 Å². The van der Waals surface area contributed by atoms with E-state index in [4.69, 9.17) is 9.15 Å². The smallest absolute Gasteiger partial charge is 0.394 e. The van der Waals surface area contributed by atoms with Crippen LogP contribution in [0.1, 0.15) is 29.4 Å². The number of carbonyl (C=O) groups is 1. The van der Waals surface area contributed by atoms with Gasteiger partial charge in [-0.3, -0.25) is 9.69 Å². The molecule has 2 aromatic rings. The summed E-state index contributed by atoms with van der Waals surface area (Å²) < 4.78 is 11.3. The van der Waals surface area contributed by atoms with E-state index < -0.39 is 0 Å². The quantitative estimate of drug-likeness (QED) is 0.861. The van der Waals surface area contributed by atoms with E-state index in [1.54, 1.807) is 6.20 Å². The summed E-state index contributed by atoms with van der Waals surface area (Å²) in [6.07, 6.45) is 4.24. The zero-order valence-electron chi connectivity index (χ0n) is 14.2. The van der Waals surface area contributed by atoms with Crippen LogP contribution in [-0.2, 0) is 0 Å². The van der Waals surface area contributed by atoms with E-state index in [9.17, 15) is 4.79 Å². The number of ether oxygens (including phenoxy) is 1. The van der Waals surface area contributed by atoms with Gasteiger partial charge in [0, 0.05) is 12.1 Å². The van der Waals surface area contributed by atoms with E-state index in [0.29, 0.717) is 17.1 Å². The van der Waals surface area contributed by atoms with Crippen molar-refractivity contribution in [2.45, 2.75) is 41.2 Å². The Morgan fingerprint density at radius 3 is 2.92 bits per heavy atom. The first kappa shape index (κ1) is 16.9. The highest BCUT2D eigenvalue weighted by atomic mass is 32.2. The fraction of sp³-hybridized carbons (Fsp3) is 0.529. The van der Waals surface area contributed by atoms with Gasteiger partial charge >= 0.3 is 6.08 Å². The molecule has 1 amide bonds. The molecule has 0 aliphatic carbocycles. The highest BCUT2D eigenvalue weighted by molar-refractivity contribution is 8.01. The third-order valence-electron chi connectivity index (χ3n) is 5.12. The normalized spacial score (nSPS) is 28.1. The summed E-state index contributed by atoms with van der Waals surface area (Å²) in [5, 5.41) is 3.92. The molecule has 134 valence electrons. The monoisotopic (exact) mass is 379 g/mol. The average Bonchev–Trinajstić information content (AvgIpc) is 3.28. The summed E-state index contributed by atoms with van der Waals surface area (Å²) in [4.78, 5) is 19.9. The van der Waals surface area contributed by atoms with Crippen molar-refractivity contribution in [3.05, 3.63) is 23.2 Å². The average molecular weight is 380 g/mol. The molecule has 0 spiro atoms. The van der Waals surface area contributed by atoms with E-state index in [1.165, 1.54) is 56.1 Å². The van der Waals surface area contributed by atoms with Crippen LogP contribution < -0.4 is 10.1 Å². The molecule has 3 aliphatic rings. The minimum absolute atomic E-state index is 0.0256. The second-order valence-electron chi connectivity index (χ2n) is 6.48. The standard InChI is InChI=1S/C17H21N3O3S2/c1-10-15(11-5-7-20(10)8-6-11)19-16(21)12-3-4-14(24-12)25-13-9-18-17(22-2)23-13/h3-4,9-11,15H,5-8H2,1-2H3,(H,19,21). The van der Waals surface area contributed by atoms with Gasteiger partial charge in [-0.1, -0.05) is 0 Å². The van der Waals surface area contributed by atoms with E-state index in [1.807, 2.05) is 12.1 Å². The van der Waals surface area contributed by atoms with Crippen molar-refractivity contribution in [1.29, 1.82) is 0 Å². The molecule has 3 aliphatic heterocycles. The number of piperidine rings is 3. The van der Waals surface area contributed by atoms with Gasteiger partial charge in [0.2, 0.25) is 0 Å². The van der Waals surface area contributed by atoms with Gasteiger partial charge in [0.15, 0.2) is 5.09 Å². The van der Waals surface area contributed by atoms with E-state index in [-0.39, 0.29) is 18.0 Å². The first-order valence-electron chi connectivity index (χ1n) is 8.46. The van der Waals surface area contributed by atoms with Gasteiger partial charge in [-0.05, 0) is 62.7 Å². The Bertz CT molecular complexity index is 750. The second kappa shape index (κ2) is 7.01. The highest BCUT2D eigenvalue weighted by Crippen LogP contribution is 2.36. The summed E-state index contributed by atoms with van der Waals surface area (Å²) in [7, 11) is 1.52. The maximum atomic E-state index is 12.7. The zero-order valence-corrected chi connectivity index (χ0v) is 15.9. The number of amides is 1. The number of aromatic nitrogens is 1. The number of fused-ring (bicyclic) bond motifs is 3. The molecule has 2 unspecified atom stereocenters. The Hall–Kier alpha value is -1.51. The number of thiophene rings is 1. The van der Waals surface area contributed by atoms with Crippen molar-refractivity contribution in [1.82, 2.24) is 15.2 Å². The maximum Gasteiger partial charge on any atom is 0.394 e. The van der Waals surface area contributed by atoms with Gasteiger partial charge in [0.25, 0.3) is 5.91 Å². The highest BCUT2D eigenvalue weighted by Gasteiger charge is 2.40. The number of rotatable bonds is 5. The molecule has 6 nitrogen and oxygen atoms in total. The molecule has 3 fully saturated rings. The number of carbonyl (C=O) groups excluding carboxylic acids is 1. The molecule has 5 heterocycles. The number of hydrogen-bond acceptors (Lipinski definition) is 7. The molecular formula is C17H21N3O3S2. The topological polar surface area (TPSA) is 67.6 Å². The SMILES string of the molecule is COc1ncc(Sc2ccc(C(=O)NC3C4CCN(CC4)C3C)s2)o1. The van der Waals surface area contributed by atoms with Crippen molar-refractivity contribution < 1.29 is 13.9 Å².